The van der Waals surface area contributed by atoms with Crippen LogP contribution in [0.1, 0.15) is 54.6 Å². The first-order valence-electron chi connectivity index (χ1n) is 11.3. The van der Waals surface area contributed by atoms with E-state index in [4.69, 9.17) is 11.6 Å². The van der Waals surface area contributed by atoms with Crippen LogP contribution in [0.25, 0.3) is 5.76 Å². The molecular formula is C29H27BrClNO3. The molecule has 1 heterocycles. The molecule has 1 N–H and O–H groups in total. The molecule has 0 radical (unpaired) electrons. The Balaban J connectivity index is 1.95. The lowest BCUT2D eigenvalue weighted by molar-refractivity contribution is -0.132. The fourth-order valence-electron chi connectivity index (χ4n) is 4.26. The lowest BCUT2D eigenvalue weighted by Gasteiger charge is -2.27. The number of rotatable bonds is 3. The molecule has 1 saturated heterocycles. The zero-order chi connectivity index (χ0) is 25.7. The summed E-state index contributed by atoms with van der Waals surface area (Å²) in [7, 11) is 0. The molecule has 1 fully saturated rings. The van der Waals surface area contributed by atoms with Crippen molar-refractivity contribution in [1.82, 2.24) is 0 Å². The molecule has 4 nitrogen and oxygen atoms in total. The van der Waals surface area contributed by atoms with Crippen LogP contribution in [-0.2, 0) is 15.0 Å². The minimum absolute atomic E-state index is 0.0527. The van der Waals surface area contributed by atoms with Crippen molar-refractivity contribution in [2.24, 2.45) is 0 Å². The third kappa shape index (κ3) is 4.67. The molecule has 1 aliphatic rings. The number of hydrogen-bond donors (Lipinski definition) is 1. The number of aryl methyl sites for hydroxylation is 2. The zero-order valence-corrected chi connectivity index (χ0v) is 22.7. The van der Waals surface area contributed by atoms with Gasteiger partial charge in [-0.15, -0.1) is 0 Å². The van der Waals surface area contributed by atoms with E-state index in [2.05, 4.69) is 36.7 Å². The van der Waals surface area contributed by atoms with E-state index in [0.717, 1.165) is 26.7 Å². The number of Topliss-reactive ketones (excluding diaryl/α,β-unsaturated/α-hetero) is 1. The summed E-state index contributed by atoms with van der Waals surface area (Å²) in [6.07, 6.45) is 0. The van der Waals surface area contributed by atoms with E-state index >= 15 is 0 Å². The summed E-state index contributed by atoms with van der Waals surface area (Å²) in [6.45, 7) is 10.1. The second-order valence-electron chi connectivity index (χ2n) is 9.94. The average Bonchev–Trinajstić information content (AvgIpc) is 3.07. The van der Waals surface area contributed by atoms with Gasteiger partial charge in [0.25, 0.3) is 11.7 Å². The van der Waals surface area contributed by atoms with E-state index < -0.39 is 17.7 Å². The third-order valence-corrected chi connectivity index (χ3v) is 7.70. The predicted molar refractivity (Wildman–Crippen MR) is 145 cm³/mol. The average molecular weight is 553 g/mol. The Morgan fingerprint density at radius 3 is 2.17 bits per heavy atom. The van der Waals surface area contributed by atoms with Crippen LogP contribution in [0.5, 0.6) is 0 Å². The van der Waals surface area contributed by atoms with Crippen molar-refractivity contribution in [3.05, 3.63) is 104 Å². The Kier molecular flexibility index (Phi) is 6.69. The normalized spacial score (nSPS) is 17.8. The van der Waals surface area contributed by atoms with Gasteiger partial charge in [0.05, 0.1) is 11.6 Å². The topological polar surface area (TPSA) is 57.6 Å². The van der Waals surface area contributed by atoms with E-state index in [1.54, 1.807) is 24.3 Å². The maximum atomic E-state index is 13.4. The van der Waals surface area contributed by atoms with Crippen LogP contribution in [0.4, 0.5) is 5.69 Å². The van der Waals surface area contributed by atoms with Crippen LogP contribution >= 0.6 is 27.5 Å². The minimum atomic E-state index is -0.799. The van der Waals surface area contributed by atoms with Gasteiger partial charge in [0, 0.05) is 20.7 Å². The number of nitrogens with zero attached hydrogens (tertiary/aromatic N) is 1. The van der Waals surface area contributed by atoms with E-state index in [1.165, 1.54) is 4.90 Å². The molecule has 1 amide bonds. The fraction of sp³-hybridized carbons (Fsp3) is 0.241. The summed E-state index contributed by atoms with van der Waals surface area (Å²) in [5.74, 6) is -1.64. The summed E-state index contributed by atoms with van der Waals surface area (Å²) in [6, 6.07) is 17.6. The van der Waals surface area contributed by atoms with Crippen molar-refractivity contribution in [2.75, 3.05) is 4.90 Å². The van der Waals surface area contributed by atoms with Crippen molar-refractivity contribution in [1.29, 1.82) is 0 Å². The van der Waals surface area contributed by atoms with E-state index in [9.17, 15) is 14.7 Å². The number of benzene rings is 3. The van der Waals surface area contributed by atoms with E-state index in [0.29, 0.717) is 16.3 Å². The maximum absolute atomic E-state index is 13.4. The highest BCUT2D eigenvalue weighted by atomic mass is 79.9. The minimum Gasteiger partial charge on any atom is -0.507 e. The number of anilines is 1. The van der Waals surface area contributed by atoms with Crippen LogP contribution in [0.15, 0.2) is 70.7 Å². The lowest BCUT2D eigenvalue weighted by atomic mass is 9.85. The van der Waals surface area contributed by atoms with Gasteiger partial charge in [-0.1, -0.05) is 84.7 Å². The molecule has 3 aromatic carbocycles. The monoisotopic (exact) mass is 551 g/mol. The SMILES string of the molecule is Cc1ccc(N2C(=O)C(=O)/C(=C(/O)c3ccc(Br)c(C)c3)C2c2ccc(C(C)(C)C)cc2)cc1Cl. The van der Waals surface area contributed by atoms with Crippen LogP contribution in [0, 0.1) is 13.8 Å². The molecule has 3 aromatic rings. The highest BCUT2D eigenvalue weighted by molar-refractivity contribution is 9.10. The van der Waals surface area contributed by atoms with Crippen LogP contribution in [-0.4, -0.2) is 16.8 Å². The number of amides is 1. The molecule has 1 atom stereocenters. The standard InChI is InChI=1S/C29H27BrClNO3/c1-16-6-12-21(15-23(16)31)32-25(18-7-10-20(11-8-18)29(3,4)5)24(27(34)28(32)35)26(33)19-9-13-22(30)17(2)14-19/h6-15,25,33H,1-5H3/b26-24+. The fourth-order valence-corrected chi connectivity index (χ4v) is 4.68. The van der Waals surface area contributed by atoms with Gasteiger partial charge in [0.1, 0.15) is 5.76 Å². The van der Waals surface area contributed by atoms with Crippen LogP contribution < -0.4 is 4.90 Å². The quantitative estimate of drug-likeness (QED) is 0.206. The molecule has 0 bridgehead atoms. The molecule has 1 unspecified atom stereocenters. The number of carbonyl (C=O) groups is 2. The second kappa shape index (κ2) is 9.29. The Morgan fingerprint density at radius 2 is 1.60 bits per heavy atom. The maximum Gasteiger partial charge on any atom is 0.300 e. The molecule has 1 aliphatic heterocycles. The molecule has 35 heavy (non-hydrogen) atoms. The van der Waals surface area contributed by atoms with E-state index in [-0.39, 0.29) is 16.7 Å². The smallest absolute Gasteiger partial charge is 0.300 e. The zero-order valence-electron chi connectivity index (χ0n) is 20.3. The summed E-state index contributed by atoms with van der Waals surface area (Å²) in [5, 5.41) is 11.8. The number of ketones is 1. The molecule has 6 heteroatoms. The van der Waals surface area contributed by atoms with Crippen molar-refractivity contribution < 1.29 is 14.7 Å². The van der Waals surface area contributed by atoms with Crippen molar-refractivity contribution in [3.8, 4) is 0 Å². The van der Waals surface area contributed by atoms with Gasteiger partial charge in [-0.3, -0.25) is 14.5 Å². The Hall–Kier alpha value is -2.89. The summed E-state index contributed by atoms with van der Waals surface area (Å²) >= 11 is 9.85. The van der Waals surface area contributed by atoms with Crippen molar-refractivity contribution >= 4 is 50.7 Å². The largest absolute Gasteiger partial charge is 0.507 e. The molecule has 0 spiro atoms. The number of halogens is 2. The highest BCUT2D eigenvalue weighted by Crippen LogP contribution is 2.43. The van der Waals surface area contributed by atoms with Crippen LogP contribution in [0.2, 0.25) is 5.02 Å². The molecule has 0 aromatic heterocycles. The number of aliphatic hydroxyl groups is 1. The van der Waals surface area contributed by atoms with Crippen molar-refractivity contribution in [2.45, 2.75) is 46.1 Å². The van der Waals surface area contributed by atoms with Gasteiger partial charge in [-0.05, 0) is 65.8 Å². The Morgan fingerprint density at radius 1 is 0.943 bits per heavy atom. The highest BCUT2D eigenvalue weighted by Gasteiger charge is 2.47. The van der Waals surface area contributed by atoms with E-state index in [1.807, 2.05) is 50.2 Å². The first-order chi connectivity index (χ1) is 16.4. The number of carbonyl (C=O) groups excluding carboxylic acids is 2. The Labute approximate surface area is 219 Å². The Bertz CT molecular complexity index is 1370. The summed E-state index contributed by atoms with van der Waals surface area (Å²) < 4.78 is 0.887. The molecule has 4 rings (SSSR count). The predicted octanol–water partition coefficient (Wildman–Crippen LogP) is 7.64. The molecule has 0 aliphatic carbocycles. The van der Waals surface area contributed by atoms with Crippen molar-refractivity contribution in [3.63, 3.8) is 0 Å². The first kappa shape index (κ1) is 25.2. The summed E-state index contributed by atoms with van der Waals surface area (Å²) in [4.78, 5) is 28.2. The van der Waals surface area contributed by atoms with Crippen LogP contribution in [0.3, 0.4) is 0 Å². The first-order valence-corrected chi connectivity index (χ1v) is 12.5. The molecular weight excluding hydrogens is 526 g/mol. The third-order valence-electron chi connectivity index (χ3n) is 6.40. The van der Waals surface area contributed by atoms with Gasteiger partial charge in [-0.2, -0.15) is 0 Å². The summed E-state index contributed by atoms with van der Waals surface area (Å²) in [5.41, 5.74) is 4.59. The number of aliphatic hydroxyl groups excluding tert-OH is 1. The van der Waals surface area contributed by atoms with Gasteiger partial charge >= 0.3 is 0 Å². The van der Waals surface area contributed by atoms with Gasteiger partial charge < -0.3 is 5.11 Å². The van der Waals surface area contributed by atoms with Gasteiger partial charge in [-0.25, -0.2) is 0 Å². The molecule has 180 valence electrons. The van der Waals surface area contributed by atoms with Gasteiger partial charge in [0.2, 0.25) is 0 Å². The number of hydrogen-bond acceptors (Lipinski definition) is 3. The lowest BCUT2D eigenvalue weighted by Crippen LogP contribution is -2.29. The van der Waals surface area contributed by atoms with Gasteiger partial charge in [0.15, 0.2) is 0 Å². The molecule has 0 saturated carbocycles. The second-order valence-corrected chi connectivity index (χ2v) is 11.2.